The third-order valence-corrected chi connectivity index (χ3v) is 4.41. The fourth-order valence-electron chi connectivity index (χ4n) is 2.98. The van der Waals surface area contributed by atoms with Gasteiger partial charge in [-0.05, 0) is 35.9 Å². The number of amides is 1. The van der Waals surface area contributed by atoms with Gasteiger partial charge in [-0.15, -0.1) is 0 Å². The van der Waals surface area contributed by atoms with Gasteiger partial charge in [0.2, 0.25) is 0 Å². The monoisotopic (exact) mass is 407 g/mol. The minimum atomic E-state index is -0.823. The van der Waals surface area contributed by atoms with Crippen molar-refractivity contribution < 1.29 is 9.18 Å². The van der Waals surface area contributed by atoms with E-state index in [0.717, 1.165) is 6.20 Å². The van der Waals surface area contributed by atoms with Gasteiger partial charge >= 0.3 is 5.69 Å². The van der Waals surface area contributed by atoms with Crippen molar-refractivity contribution in [2.45, 2.75) is 6.54 Å². The van der Waals surface area contributed by atoms with Crippen molar-refractivity contribution in [1.29, 1.82) is 0 Å². The highest BCUT2D eigenvalue weighted by Gasteiger charge is 2.18. The number of nitrogens with zero attached hydrogens (tertiary/aromatic N) is 2. The second-order valence-electron chi connectivity index (χ2n) is 6.43. The van der Waals surface area contributed by atoms with Crippen molar-refractivity contribution in [2.75, 3.05) is 5.32 Å². The molecule has 0 aliphatic carbocycles. The number of nitrogens with one attached hydrogen (secondary N) is 3. The SMILES string of the molecule is O=C(Nc1c[nH]c(=O)[nH]c1=O)c1cc2cccnc2n(Cc2ccc(F)cc2)c1=O. The molecule has 0 atom stereocenters. The van der Waals surface area contributed by atoms with Crippen LogP contribution in [0, 0.1) is 5.82 Å². The molecular weight excluding hydrogens is 393 g/mol. The molecule has 0 spiro atoms. The Kier molecular flexibility index (Phi) is 4.80. The number of hydrogen-bond donors (Lipinski definition) is 3. The summed E-state index contributed by atoms with van der Waals surface area (Å²) in [5.74, 6) is -1.23. The molecule has 0 fully saturated rings. The maximum absolute atomic E-state index is 13.2. The zero-order chi connectivity index (χ0) is 21.3. The lowest BCUT2D eigenvalue weighted by Gasteiger charge is -2.12. The summed E-state index contributed by atoms with van der Waals surface area (Å²) in [4.78, 5) is 57.2. The van der Waals surface area contributed by atoms with Crippen molar-refractivity contribution >= 4 is 22.6 Å². The smallest absolute Gasteiger partial charge is 0.316 e. The number of aromatic amines is 2. The quantitative estimate of drug-likeness (QED) is 0.468. The lowest BCUT2D eigenvalue weighted by Crippen LogP contribution is -2.32. The Bertz CT molecular complexity index is 1440. The normalized spacial score (nSPS) is 10.8. The van der Waals surface area contributed by atoms with Crippen molar-refractivity contribution in [2.24, 2.45) is 0 Å². The molecule has 0 saturated heterocycles. The van der Waals surface area contributed by atoms with Crippen LogP contribution in [0.25, 0.3) is 11.0 Å². The van der Waals surface area contributed by atoms with Crippen LogP contribution in [0.2, 0.25) is 0 Å². The summed E-state index contributed by atoms with van der Waals surface area (Å²) < 4.78 is 14.5. The molecule has 0 aliphatic rings. The van der Waals surface area contributed by atoms with Crippen molar-refractivity contribution in [3.63, 3.8) is 0 Å². The van der Waals surface area contributed by atoms with Crippen molar-refractivity contribution in [1.82, 2.24) is 19.5 Å². The molecule has 3 N–H and O–H groups in total. The molecule has 30 heavy (non-hydrogen) atoms. The summed E-state index contributed by atoms with van der Waals surface area (Å²) >= 11 is 0. The van der Waals surface area contributed by atoms with Crippen molar-refractivity contribution in [3.05, 3.63) is 103 Å². The standard InChI is InChI=1S/C20H14FN5O4/c21-13-5-3-11(4-6-13)10-26-16-12(2-1-7-22-16)8-14(19(26)29)17(27)24-15-9-23-20(30)25-18(15)28/h1-9H,10H2,(H,24,27)(H2,23,25,28,30). The second kappa shape index (κ2) is 7.59. The number of carbonyl (C=O) groups is 1. The first-order chi connectivity index (χ1) is 14.4. The molecule has 150 valence electrons. The first-order valence-electron chi connectivity index (χ1n) is 8.79. The van der Waals surface area contributed by atoms with Crippen LogP contribution >= 0.6 is 0 Å². The van der Waals surface area contributed by atoms with E-state index >= 15 is 0 Å². The van der Waals surface area contributed by atoms with Gasteiger partial charge in [-0.2, -0.15) is 0 Å². The number of rotatable bonds is 4. The van der Waals surface area contributed by atoms with E-state index in [1.54, 1.807) is 12.1 Å². The summed E-state index contributed by atoms with van der Waals surface area (Å²) in [5.41, 5.74) is -1.61. The number of aromatic nitrogens is 4. The van der Waals surface area contributed by atoms with Crippen LogP contribution < -0.4 is 22.1 Å². The van der Waals surface area contributed by atoms with Crippen LogP contribution in [0.15, 0.2) is 69.2 Å². The minimum absolute atomic E-state index is 0.0625. The van der Waals surface area contributed by atoms with Crippen LogP contribution in [0.3, 0.4) is 0 Å². The van der Waals surface area contributed by atoms with Gasteiger partial charge in [-0.25, -0.2) is 14.2 Å². The third-order valence-electron chi connectivity index (χ3n) is 4.41. The highest BCUT2D eigenvalue weighted by molar-refractivity contribution is 6.05. The van der Waals surface area contributed by atoms with Gasteiger partial charge in [0.15, 0.2) is 0 Å². The zero-order valence-electron chi connectivity index (χ0n) is 15.3. The predicted octanol–water partition coefficient (Wildman–Crippen LogP) is 1.21. The van der Waals surface area contributed by atoms with Crippen LogP contribution in [-0.4, -0.2) is 25.4 Å². The lowest BCUT2D eigenvalue weighted by atomic mass is 10.1. The van der Waals surface area contributed by atoms with Crippen LogP contribution in [0.4, 0.5) is 10.1 Å². The van der Waals surface area contributed by atoms with Crippen LogP contribution in [0.5, 0.6) is 0 Å². The molecular formula is C20H14FN5O4. The molecule has 0 unspecified atom stereocenters. The number of benzene rings is 1. The van der Waals surface area contributed by atoms with E-state index in [1.807, 2.05) is 4.98 Å². The zero-order valence-corrected chi connectivity index (χ0v) is 15.3. The summed E-state index contributed by atoms with van der Waals surface area (Å²) in [6.45, 7) is 0.0625. The fourth-order valence-corrected chi connectivity index (χ4v) is 2.98. The van der Waals surface area contributed by atoms with Crippen molar-refractivity contribution in [3.8, 4) is 0 Å². The maximum Gasteiger partial charge on any atom is 0.325 e. The lowest BCUT2D eigenvalue weighted by molar-refractivity contribution is 0.102. The number of H-pyrrole nitrogens is 2. The first-order valence-corrected chi connectivity index (χ1v) is 8.79. The summed E-state index contributed by atoms with van der Waals surface area (Å²) in [6.07, 6.45) is 2.56. The molecule has 1 aromatic carbocycles. The van der Waals surface area contributed by atoms with E-state index < -0.39 is 28.5 Å². The fraction of sp³-hybridized carbons (Fsp3) is 0.0500. The van der Waals surface area contributed by atoms with Gasteiger partial charge in [0, 0.05) is 17.8 Å². The number of halogens is 1. The average Bonchev–Trinajstić information content (AvgIpc) is 2.73. The Morgan fingerprint density at radius 1 is 1.13 bits per heavy atom. The Morgan fingerprint density at radius 2 is 1.90 bits per heavy atom. The van der Waals surface area contributed by atoms with E-state index in [4.69, 9.17) is 0 Å². The number of carbonyl (C=O) groups excluding carboxylic acids is 1. The third kappa shape index (κ3) is 3.65. The maximum atomic E-state index is 13.2. The Hall–Kier alpha value is -4.34. The van der Waals surface area contributed by atoms with Crippen LogP contribution in [-0.2, 0) is 6.54 Å². The largest absolute Gasteiger partial charge is 0.325 e. The summed E-state index contributed by atoms with van der Waals surface area (Å²) in [6, 6.07) is 10.3. The molecule has 4 rings (SSSR count). The highest BCUT2D eigenvalue weighted by atomic mass is 19.1. The molecule has 0 saturated carbocycles. The van der Waals surface area contributed by atoms with E-state index in [-0.39, 0.29) is 17.8 Å². The summed E-state index contributed by atoms with van der Waals surface area (Å²) in [5, 5.41) is 2.85. The van der Waals surface area contributed by atoms with E-state index in [0.29, 0.717) is 16.6 Å². The van der Waals surface area contributed by atoms with Gasteiger partial charge in [-0.1, -0.05) is 12.1 Å². The Labute approximate surface area is 166 Å². The van der Waals surface area contributed by atoms with Crippen LogP contribution in [0.1, 0.15) is 15.9 Å². The van der Waals surface area contributed by atoms with Gasteiger partial charge < -0.3 is 10.3 Å². The number of pyridine rings is 2. The minimum Gasteiger partial charge on any atom is -0.316 e. The molecule has 9 nitrogen and oxygen atoms in total. The van der Waals surface area contributed by atoms with E-state index in [2.05, 4.69) is 15.3 Å². The molecule has 1 amide bonds. The van der Waals surface area contributed by atoms with Gasteiger partial charge in [-0.3, -0.25) is 23.9 Å². The molecule has 3 heterocycles. The molecule has 0 radical (unpaired) electrons. The molecule has 0 aliphatic heterocycles. The van der Waals surface area contributed by atoms with E-state index in [9.17, 15) is 23.6 Å². The number of anilines is 1. The molecule has 10 heteroatoms. The van der Waals surface area contributed by atoms with Gasteiger partial charge in [0.1, 0.15) is 22.7 Å². The van der Waals surface area contributed by atoms with Gasteiger partial charge in [0.05, 0.1) is 6.54 Å². The molecule has 0 bridgehead atoms. The Morgan fingerprint density at radius 3 is 2.63 bits per heavy atom. The average molecular weight is 407 g/mol. The first kappa shape index (κ1) is 19.0. The Balaban J connectivity index is 1.80. The molecule has 4 aromatic rings. The second-order valence-corrected chi connectivity index (χ2v) is 6.43. The predicted molar refractivity (Wildman–Crippen MR) is 107 cm³/mol. The summed E-state index contributed by atoms with van der Waals surface area (Å²) in [7, 11) is 0. The van der Waals surface area contributed by atoms with E-state index in [1.165, 1.54) is 41.1 Å². The van der Waals surface area contributed by atoms with Gasteiger partial charge in [0.25, 0.3) is 17.0 Å². The number of fused-ring (bicyclic) bond motifs is 1. The molecule has 3 aromatic heterocycles. The number of hydrogen-bond acceptors (Lipinski definition) is 5. The highest BCUT2D eigenvalue weighted by Crippen LogP contribution is 2.14. The topological polar surface area (TPSA) is 130 Å².